The molecule has 0 aliphatic carbocycles. The number of aromatic nitrogens is 1. The van der Waals surface area contributed by atoms with Gasteiger partial charge in [0.15, 0.2) is 11.5 Å². The number of nitrogens with one attached hydrogen (secondary N) is 1. The van der Waals surface area contributed by atoms with E-state index in [2.05, 4.69) is 20.1 Å². The van der Waals surface area contributed by atoms with E-state index in [1.54, 1.807) is 7.11 Å². The van der Waals surface area contributed by atoms with Crippen LogP contribution in [0.4, 0.5) is 11.4 Å². The van der Waals surface area contributed by atoms with E-state index in [0.29, 0.717) is 12.4 Å². The summed E-state index contributed by atoms with van der Waals surface area (Å²) in [6, 6.07) is 24.5. The highest BCUT2D eigenvalue weighted by atomic mass is 16.5. The van der Waals surface area contributed by atoms with Gasteiger partial charge >= 0.3 is 0 Å². The zero-order valence-corrected chi connectivity index (χ0v) is 23.9. The van der Waals surface area contributed by atoms with E-state index in [1.807, 2.05) is 79.0 Å². The van der Waals surface area contributed by atoms with Gasteiger partial charge in [-0.15, -0.1) is 0 Å². The molecule has 7 heteroatoms. The van der Waals surface area contributed by atoms with Gasteiger partial charge in [-0.25, -0.2) is 0 Å². The Bertz CT molecular complexity index is 1400. The molecule has 214 valence electrons. The van der Waals surface area contributed by atoms with Crippen molar-refractivity contribution in [2.75, 3.05) is 51.8 Å². The van der Waals surface area contributed by atoms with Crippen LogP contribution in [0.15, 0.2) is 79.0 Å². The predicted octanol–water partition coefficient (Wildman–Crippen LogP) is 7.11. The fourth-order valence-corrected chi connectivity index (χ4v) is 6.00. The lowest BCUT2D eigenvalue weighted by atomic mass is 10.00. The summed E-state index contributed by atoms with van der Waals surface area (Å²) in [4.78, 5) is 9.88. The molecule has 41 heavy (non-hydrogen) atoms. The van der Waals surface area contributed by atoms with E-state index in [0.717, 1.165) is 65.2 Å². The fourth-order valence-electron chi connectivity index (χ4n) is 6.00. The van der Waals surface area contributed by atoms with Crippen molar-refractivity contribution in [1.29, 1.82) is 0 Å². The number of hydrogen-bond acceptors (Lipinski definition) is 7. The summed E-state index contributed by atoms with van der Waals surface area (Å²) in [5, 5.41) is 4.49. The smallest absolute Gasteiger partial charge is 0.163 e. The van der Waals surface area contributed by atoms with Gasteiger partial charge in [0.25, 0.3) is 0 Å². The van der Waals surface area contributed by atoms with E-state index in [-0.39, 0.29) is 0 Å². The number of piperidine rings is 2. The number of nitrogens with zero attached hydrogens (tertiary/aromatic N) is 3. The molecule has 0 unspecified atom stereocenters. The molecule has 2 fully saturated rings. The summed E-state index contributed by atoms with van der Waals surface area (Å²) in [6.07, 6.45) is 8.48. The largest absolute Gasteiger partial charge is 0.493 e. The second-order valence-corrected chi connectivity index (χ2v) is 11.0. The SMILES string of the molecule is COc1cc2c(Nc3ccc(Oc4ccccc4)cc3)ccnc2cc1OCCN1CCC(N2CCCCC2)CC1. The third kappa shape index (κ3) is 6.92. The van der Waals surface area contributed by atoms with E-state index in [1.165, 1.54) is 45.2 Å². The fraction of sp³-hybridized carbons (Fsp3) is 0.382. The van der Waals surface area contributed by atoms with E-state index in [9.17, 15) is 0 Å². The maximum Gasteiger partial charge on any atom is 0.163 e. The van der Waals surface area contributed by atoms with Crippen LogP contribution >= 0.6 is 0 Å². The highest BCUT2D eigenvalue weighted by Gasteiger charge is 2.25. The summed E-state index contributed by atoms with van der Waals surface area (Å²) in [6.45, 7) is 6.43. The molecule has 0 amide bonds. The Morgan fingerprint density at radius 3 is 2.34 bits per heavy atom. The minimum absolute atomic E-state index is 0.631. The van der Waals surface area contributed by atoms with Crippen molar-refractivity contribution in [3.63, 3.8) is 0 Å². The lowest BCUT2D eigenvalue weighted by Gasteiger charge is -2.40. The van der Waals surface area contributed by atoms with Gasteiger partial charge in [0.2, 0.25) is 0 Å². The Morgan fingerprint density at radius 2 is 1.59 bits per heavy atom. The zero-order chi connectivity index (χ0) is 27.9. The Labute approximate surface area is 243 Å². The van der Waals surface area contributed by atoms with Crippen molar-refractivity contribution in [3.8, 4) is 23.0 Å². The van der Waals surface area contributed by atoms with Crippen LogP contribution in [0.1, 0.15) is 32.1 Å². The minimum atomic E-state index is 0.631. The number of anilines is 2. The van der Waals surface area contributed by atoms with Gasteiger partial charge in [-0.2, -0.15) is 0 Å². The molecule has 2 aliphatic heterocycles. The molecule has 3 aromatic carbocycles. The third-order valence-corrected chi connectivity index (χ3v) is 8.27. The van der Waals surface area contributed by atoms with Crippen LogP contribution in [0.5, 0.6) is 23.0 Å². The highest BCUT2D eigenvalue weighted by Crippen LogP contribution is 2.36. The Balaban J connectivity index is 1.06. The monoisotopic (exact) mass is 552 g/mol. The van der Waals surface area contributed by atoms with Crippen molar-refractivity contribution < 1.29 is 14.2 Å². The van der Waals surface area contributed by atoms with Gasteiger partial charge in [0.1, 0.15) is 18.1 Å². The number of rotatable bonds is 10. The maximum atomic E-state index is 6.25. The molecule has 2 aliphatic rings. The van der Waals surface area contributed by atoms with Crippen molar-refractivity contribution in [2.45, 2.75) is 38.1 Å². The molecule has 2 saturated heterocycles. The van der Waals surface area contributed by atoms with Crippen molar-refractivity contribution in [2.24, 2.45) is 0 Å². The predicted molar refractivity (Wildman–Crippen MR) is 165 cm³/mol. The third-order valence-electron chi connectivity index (χ3n) is 8.27. The van der Waals surface area contributed by atoms with Crippen molar-refractivity contribution in [1.82, 2.24) is 14.8 Å². The van der Waals surface area contributed by atoms with Gasteiger partial charge < -0.3 is 24.4 Å². The Kier molecular flexibility index (Phi) is 8.83. The number of benzene rings is 3. The first-order chi connectivity index (χ1) is 20.2. The van der Waals surface area contributed by atoms with E-state index >= 15 is 0 Å². The Morgan fingerprint density at radius 1 is 0.829 bits per heavy atom. The molecule has 0 radical (unpaired) electrons. The summed E-state index contributed by atoms with van der Waals surface area (Å²) in [5.41, 5.74) is 2.77. The number of pyridine rings is 1. The first-order valence-electron chi connectivity index (χ1n) is 14.9. The summed E-state index contributed by atoms with van der Waals surface area (Å²) >= 11 is 0. The van der Waals surface area contributed by atoms with Crippen LogP contribution in [0.25, 0.3) is 10.9 Å². The molecule has 1 N–H and O–H groups in total. The summed E-state index contributed by atoms with van der Waals surface area (Å²) < 4.78 is 17.9. The molecule has 0 spiro atoms. The number of methoxy groups -OCH3 is 1. The lowest BCUT2D eigenvalue weighted by Crippen LogP contribution is -2.47. The average molecular weight is 553 g/mol. The number of fused-ring (bicyclic) bond motifs is 1. The number of para-hydroxylation sites is 1. The van der Waals surface area contributed by atoms with Crippen LogP contribution < -0.4 is 19.5 Å². The van der Waals surface area contributed by atoms with Crippen LogP contribution in [0, 0.1) is 0 Å². The Hall–Kier alpha value is -3.81. The van der Waals surface area contributed by atoms with Crippen molar-refractivity contribution >= 4 is 22.3 Å². The van der Waals surface area contributed by atoms with Gasteiger partial charge in [-0.1, -0.05) is 24.6 Å². The molecule has 0 atom stereocenters. The average Bonchev–Trinajstić information content (AvgIpc) is 3.03. The second-order valence-electron chi connectivity index (χ2n) is 11.0. The molecule has 1 aromatic heterocycles. The minimum Gasteiger partial charge on any atom is -0.493 e. The van der Waals surface area contributed by atoms with Crippen LogP contribution in [0.2, 0.25) is 0 Å². The summed E-state index contributed by atoms with van der Waals surface area (Å²) in [5.74, 6) is 3.05. The molecule has 0 bridgehead atoms. The molecular formula is C34H40N4O3. The standard InChI is InChI=1S/C34H40N4O3/c1-39-33-24-30-31(36-26-10-12-29(13-11-26)41-28-8-4-2-5-9-28)14-17-35-32(30)25-34(33)40-23-22-37-20-15-27(16-21-37)38-18-6-3-7-19-38/h2,4-5,8-14,17,24-25,27H,3,6-7,15-16,18-23H2,1H3,(H,35,36). The van der Waals surface area contributed by atoms with E-state index in [4.69, 9.17) is 14.2 Å². The van der Waals surface area contributed by atoms with Gasteiger partial charge in [-0.05, 0) is 100 Å². The van der Waals surface area contributed by atoms with Crippen molar-refractivity contribution in [3.05, 3.63) is 79.0 Å². The first kappa shape index (κ1) is 27.4. The highest BCUT2D eigenvalue weighted by molar-refractivity contribution is 5.95. The van der Waals surface area contributed by atoms with Gasteiger partial charge in [0.05, 0.1) is 12.6 Å². The molecule has 4 aromatic rings. The van der Waals surface area contributed by atoms with Crippen LogP contribution in [0.3, 0.4) is 0 Å². The molecular weight excluding hydrogens is 512 g/mol. The first-order valence-corrected chi connectivity index (χ1v) is 14.9. The number of ether oxygens (including phenoxy) is 3. The topological polar surface area (TPSA) is 59.1 Å². The van der Waals surface area contributed by atoms with Gasteiger partial charge in [-0.3, -0.25) is 9.88 Å². The number of hydrogen-bond donors (Lipinski definition) is 1. The van der Waals surface area contributed by atoms with Crippen LogP contribution in [-0.2, 0) is 0 Å². The second kappa shape index (κ2) is 13.2. The van der Waals surface area contributed by atoms with E-state index < -0.39 is 0 Å². The van der Waals surface area contributed by atoms with Crippen LogP contribution in [-0.4, -0.2) is 67.3 Å². The normalized spacial score (nSPS) is 16.9. The molecule has 7 nitrogen and oxygen atoms in total. The molecule has 0 saturated carbocycles. The maximum absolute atomic E-state index is 6.25. The lowest BCUT2D eigenvalue weighted by molar-refractivity contribution is 0.0855. The molecule has 3 heterocycles. The quantitative estimate of drug-likeness (QED) is 0.225. The molecule has 6 rings (SSSR count). The zero-order valence-electron chi connectivity index (χ0n) is 23.9. The number of likely N-dealkylation sites (tertiary alicyclic amines) is 2. The van der Waals surface area contributed by atoms with Gasteiger partial charge in [0, 0.05) is 41.6 Å². The summed E-state index contributed by atoms with van der Waals surface area (Å²) in [7, 11) is 1.69.